The molecule has 0 unspecified atom stereocenters. The molecule has 4 heteroatoms. The minimum atomic E-state index is -0.415. The molecule has 1 aliphatic carbocycles. The van der Waals surface area contributed by atoms with Crippen molar-refractivity contribution in [3.8, 4) is 0 Å². The minimum Gasteiger partial charge on any atom is -0.395 e. The third-order valence-electron chi connectivity index (χ3n) is 3.61. The highest BCUT2D eigenvalue weighted by atomic mass is 19.1. The normalized spacial score (nSPS) is 16.7. The van der Waals surface area contributed by atoms with Crippen LogP contribution in [0.15, 0.2) is 18.2 Å². The number of aliphatic hydroxyl groups is 1. The molecule has 0 spiro atoms. The number of hydrogen-bond acceptors (Lipinski definition) is 2. The third-order valence-corrected chi connectivity index (χ3v) is 3.61. The smallest absolute Gasteiger partial charge is 0.127 e. The Morgan fingerprint density at radius 1 is 1.22 bits per heavy atom. The highest BCUT2D eigenvalue weighted by Crippen LogP contribution is 2.25. The average Bonchev–Trinajstić information content (AvgIpc) is 2.87. The van der Waals surface area contributed by atoms with Gasteiger partial charge < -0.3 is 5.11 Å². The molecule has 100 valence electrons. The van der Waals surface area contributed by atoms with E-state index in [0.717, 1.165) is 25.0 Å². The van der Waals surface area contributed by atoms with Gasteiger partial charge in [-0.1, -0.05) is 12.8 Å². The molecule has 2 rings (SSSR count). The summed E-state index contributed by atoms with van der Waals surface area (Å²) < 4.78 is 26.7. The summed E-state index contributed by atoms with van der Waals surface area (Å²) >= 11 is 0. The van der Waals surface area contributed by atoms with Crippen LogP contribution in [0.1, 0.15) is 31.2 Å². The van der Waals surface area contributed by atoms with Crippen molar-refractivity contribution in [3.05, 3.63) is 35.4 Å². The van der Waals surface area contributed by atoms with Crippen molar-refractivity contribution < 1.29 is 13.9 Å². The Hall–Kier alpha value is -1.00. The Kier molecular flexibility index (Phi) is 4.66. The van der Waals surface area contributed by atoms with Crippen LogP contribution in [0.25, 0.3) is 0 Å². The van der Waals surface area contributed by atoms with Crippen LogP contribution in [0.2, 0.25) is 0 Å². The second kappa shape index (κ2) is 6.25. The van der Waals surface area contributed by atoms with Gasteiger partial charge in [0.25, 0.3) is 0 Å². The zero-order valence-electron chi connectivity index (χ0n) is 10.4. The van der Waals surface area contributed by atoms with Crippen molar-refractivity contribution in [2.75, 3.05) is 13.2 Å². The second-order valence-corrected chi connectivity index (χ2v) is 4.87. The fourth-order valence-corrected chi connectivity index (χ4v) is 2.67. The van der Waals surface area contributed by atoms with E-state index in [2.05, 4.69) is 4.90 Å². The highest BCUT2D eigenvalue weighted by Gasteiger charge is 2.23. The minimum absolute atomic E-state index is 0.0490. The predicted octanol–water partition coefficient (Wildman–Crippen LogP) is 2.70. The SMILES string of the molecule is OCCN(Cc1cc(F)ccc1F)C1CCCC1. The maximum atomic E-state index is 13.6. The largest absolute Gasteiger partial charge is 0.395 e. The number of aliphatic hydroxyl groups excluding tert-OH is 1. The molecule has 1 aromatic carbocycles. The lowest BCUT2D eigenvalue weighted by Crippen LogP contribution is -2.35. The van der Waals surface area contributed by atoms with E-state index >= 15 is 0 Å². The lowest BCUT2D eigenvalue weighted by atomic mass is 10.1. The van der Waals surface area contributed by atoms with Crippen LogP contribution >= 0.6 is 0 Å². The van der Waals surface area contributed by atoms with Gasteiger partial charge in [0.05, 0.1) is 6.61 Å². The van der Waals surface area contributed by atoms with Gasteiger partial charge in [-0.05, 0) is 31.0 Å². The van der Waals surface area contributed by atoms with E-state index < -0.39 is 5.82 Å². The van der Waals surface area contributed by atoms with Crippen molar-refractivity contribution in [1.82, 2.24) is 4.90 Å². The Morgan fingerprint density at radius 3 is 2.61 bits per heavy atom. The van der Waals surface area contributed by atoms with Gasteiger partial charge >= 0.3 is 0 Å². The van der Waals surface area contributed by atoms with Crippen molar-refractivity contribution in [2.45, 2.75) is 38.3 Å². The first kappa shape index (κ1) is 13.4. The molecule has 0 aromatic heterocycles. The first-order chi connectivity index (χ1) is 8.70. The zero-order chi connectivity index (χ0) is 13.0. The Balaban J connectivity index is 2.09. The Labute approximate surface area is 106 Å². The predicted molar refractivity (Wildman–Crippen MR) is 66.1 cm³/mol. The van der Waals surface area contributed by atoms with E-state index in [1.807, 2.05) is 0 Å². The molecule has 0 atom stereocenters. The van der Waals surface area contributed by atoms with Crippen LogP contribution in [-0.2, 0) is 6.54 Å². The molecule has 0 amide bonds. The summed E-state index contributed by atoms with van der Waals surface area (Å²) in [4.78, 5) is 2.06. The van der Waals surface area contributed by atoms with Crippen molar-refractivity contribution in [3.63, 3.8) is 0 Å². The van der Waals surface area contributed by atoms with Crippen LogP contribution in [0.5, 0.6) is 0 Å². The lowest BCUT2D eigenvalue weighted by molar-refractivity contribution is 0.143. The molecular formula is C14H19F2NO. The zero-order valence-corrected chi connectivity index (χ0v) is 10.4. The molecule has 1 N–H and O–H groups in total. The maximum absolute atomic E-state index is 13.6. The summed E-state index contributed by atoms with van der Waals surface area (Å²) in [5.41, 5.74) is 0.371. The maximum Gasteiger partial charge on any atom is 0.127 e. The molecule has 1 aliphatic rings. The first-order valence-corrected chi connectivity index (χ1v) is 6.49. The van der Waals surface area contributed by atoms with Crippen LogP contribution < -0.4 is 0 Å². The van der Waals surface area contributed by atoms with Gasteiger partial charge in [0.2, 0.25) is 0 Å². The number of benzene rings is 1. The van der Waals surface area contributed by atoms with E-state index in [9.17, 15) is 8.78 Å². The van der Waals surface area contributed by atoms with Gasteiger partial charge in [-0.3, -0.25) is 4.90 Å². The van der Waals surface area contributed by atoms with Crippen molar-refractivity contribution in [1.29, 1.82) is 0 Å². The molecule has 1 fully saturated rings. The molecule has 0 aliphatic heterocycles. The molecule has 1 aromatic rings. The molecule has 18 heavy (non-hydrogen) atoms. The van der Waals surface area contributed by atoms with Crippen molar-refractivity contribution >= 4 is 0 Å². The molecule has 0 bridgehead atoms. The standard InChI is InChI=1S/C14H19F2NO/c15-12-5-6-14(16)11(9-12)10-17(7-8-18)13-3-1-2-4-13/h5-6,9,13,18H,1-4,7-8,10H2. The number of rotatable bonds is 5. The summed E-state index contributed by atoms with van der Waals surface area (Å²) in [6.45, 7) is 0.933. The van der Waals surface area contributed by atoms with Gasteiger partial charge in [0.1, 0.15) is 11.6 Å². The van der Waals surface area contributed by atoms with Crippen LogP contribution in [0.3, 0.4) is 0 Å². The molecule has 1 saturated carbocycles. The third kappa shape index (κ3) is 3.27. The Morgan fingerprint density at radius 2 is 1.94 bits per heavy atom. The van der Waals surface area contributed by atoms with Crippen LogP contribution in [-0.4, -0.2) is 29.2 Å². The fourth-order valence-electron chi connectivity index (χ4n) is 2.67. The highest BCUT2D eigenvalue weighted by molar-refractivity contribution is 5.18. The number of nitrogens with zero attached hydrogens (tertiary/aromatic N) is 1. The number of hydrogen-bond donors (Lipinski definition) is 1. The summed E-state index contributed by atoms with van der Waals surface area (Å²) in [7, 11) is 0. The fraction of sp³-hybridized carbons (Fsp3) is 0.571. The van der Waals surface area contributed by atoms with Crippen LogP contribution in [0, 0.1) is 11.6 Å². The van der Waals surface area contributed by atoms with E-state index in [1.54, 1.807) is 0 Å². The monoisotopic (exact) mass is 255 g/mol. The second-order valence-electron chi connectivity index (χ2n) is 4.87. The van der Waals surface area contributed by atoms with Crippen molar-refractivity contribution in [2.24, 2.45) is 0 Å². The average molecular weight is 255 g/mol. The molecule has 0 heterocycles. The summed E-state index contributed by atoms with van der Waals surface area (Å²) in [5, 5.41) is 9.09. The van der Waals surface area contributed by atoms with Gasteiger partial charge in [0.15, 0.2) is 0 Å². The quantitative estimate of drug-likeness (QED) is 0.874. The van der Waals surface area contributed by atoms with E-state index in [1.165, 1.54) is 18.9 Å². The van der Waals surface area contributed by atoms with Gasteiger partial charge in [-0.25, -0.2) is 8.78 Å². The molecule has 0 radical (unpaired) electrons. The molecular weight excluding hydrogens is 236 g/mol. The van der Waals surface area contributed by atoms with Gasteiger partial charge in [0, 0.05) is 24.7 Å². The first-order valence-electron chi connectivity index (χ1n) is 6.49. The summed E-state index contributed by atoms with van der Waals surface area (Å²) in [6, 6.07) is 3.93. The molecule has 2 nitrogen and oxygen atoms in total. The lowest BCUT2D eigenvalue weighted by Gasteiger charge is -2.28. The van der Waals surface area contributed by atoms with E-state index in [0.29, 0.717) is 24.7 Å². The Bertz CT molecular complexity index is 391. The van der Waals surface area contributed by atoms with E-state index in [-0.39, 0.29) is 12.4 Å². The topological polar surface area (TPSA) is 23.5 Å². The van der Waals surface area contributed by atoms with Crippen LogP contribution in [0.4, 0.5) is 8.78 Å². The summed E-state index contributed by atoms with van der Waals surface area (Å²) in [5.74, 6) is -0.792. The van der Waals surface area contributed by atoms with Gasteiger partial charge in [-0.2, -0.15) is 0 Å². The molecule has 0 saturated heterocycles. The summed E-state index contributed by atoms with van der Waals surface area (Å²) in [6.07, 6.45) is 4.52. The van der Waals surface area contributed by atoms with Gasteiger partial charge in [-0.15, -0.1) is 0 Å². The van der Waals surface area contributed by atoms with E-state index in [4.69, 9.17) is 5.11 Å². The number of halogens is 2.